The van der Waals surface area contributed by atoms with Gasteiger partial charge in [-0.15, -0.1) is 10.2 Å². The quantitative estimate of drug-likeness (QED) is 0.736. The van der Waals surface area contributed by atoms with E-state index in [4.69, 9.17) is 16.0 Å². The number of imidazole rings is 1. The summed E-state index contributed by atoms with van der Waals surface area (Å²) < 4.78 is 7.71. The topological polar surface area (TPSA) is 56.7 Å². The summed E-state index contributed by atoms with van der Waals surface area (Å²) in [5.74, 6) is 2.30. The lowest BCUT2D eigenvalue weighted by Crippen LogP contribution is -2.06. The third-order valence-corrected chi connectivity index (χ3v) is 3.47. The van der Waals surface area contributed by atoms with Crippen LogP contribution in [0.1, 0.15) is 31.5 Å². The largest absolute Gasteiger partial charge is 0.419 e. The van der Waals surface area contributed by atoms with Gasteiger partial charge in [0.05, 0.1) is 10.6 Å². The summed E-state index contributed by atoms with van der Waals surface area (Å²) in [4.78, 5) is 4.34. The van der Waals surface area contributed by atoms with Crippen LogP contribution in [0, 0.1) is 0 Å². The fraction of sp³-hybridized carbons (Fsp3) is 0.267. The van der Waals surface area contributed by atoms with Crippen LogP contribution < -0.4 is 0 Å². The van der Waals surface area contributed by atoms with Gasteiger partial charge in [-0.2, -0.15) is 0 Å². The fourth-order valence-electron chi connectivity index (χ4n) is 2.16. The molecule has 0 atom stereocenters. The van der Waals surface area contributed by atoms with E-state index in [1.807, 2.05) is 29.0 Å². The second kappa shape index (κ2) is 5.69. The van der Waals surface area contributed by atoms with Crippen molar-refractivity contribution in [2.24, 2.45) is 0 Å². The molecule has 108 valence electrons. The smallest absolute Gasteiger partial charge is 0.249 e. The molecule has 0 fully saturated rings. The van der Waals surface area contributed by atoms with Gasteiger partial charge in [0, 0.05) is 18.3 Å². The number of hydrogen-bond acceptors (Lipinski definition) is 4. The average molecular weight is 303 g/mol. The van der Waals surface area contributed by atoms with E-state index < -0.39 is 0 Å². The van der Waals surface area contributed by atoms with Gasteiger partial charge < -0.3 is 8.98 Å². The van der Waals surface area contributed by atoms with Crippen LogP contribution in [0.25, 0.3) is 11.5 Å². The minimum Gasteiger partial charge on any atom is -0.419 e. The number of halogens is 1. The van der Waals surface area contributed by atoms with Crippen molar-refractivity contribution in [1.82, 2.24) is 19.7 Å². The molecule has 0 spiro atoms. The van der Waals surface area contributed by atoms with Gasteiger partial charge in [-0.3, -0.25) is 0 Å². The highest BCUT2D eigenvalue weighted by Gasteiger charge is 2.14. The maximum absolute atomic E-state index is 6.13. The van der Waals surface area contributed by atoms with Crippen molar-refractivity contribution in [2.45, 2.75) is 26.3 Å². The first kappa shape index (κ1) is 13.8. The average Bonchev–Trinajstić information content (AvgIpc) is 3.09. The van der Waals surface area contributed by atoms with Gasteiger partial charge in [0.25, 0.3) is 0 Å². The Morgan fingerprint density at radius 2 is 2.05 bits per heavy atom. The second-order valence-electron chi connectivity index (χ2n) is 5.05. The highest BCUT2D eigenvalue weighted by Crippen LogP contribution is 2.26. The van der Waals surface area contributed by atoms with Gasteiger partial charge >= 0.3 is 0 Å². The standard InChI is InChI=1S/C15H15ClN4O/c1-10(2)14-17-7-8-20(14)9-13-18-19-15(21-13)11-5-3-4-6-12(11)16/h3-8,10H,9H2,1-2H3. The zero-order valence-electron chi connectivity index (χ0n) is 11.8. The third kappa shape index (κ3) is 2.83. The molecule has 1 aromatic carbocycles. The number of benzene rings is 1. The molecule has 3 aromatic rings. The molecule has 2 aromatic heterocycles. The number of aromatic nitrogens is 4. The van der Waals surface area contributed by atoms with E-state index in [1.165, 1.54) is 0 Å². The van der Waals surface area contributed by atoms with Gasteiger partial charge in [0.1, 0.15) is 12.4 Å². The Morgan fingerprint density at radius 1 is 1.24 bits per heavy atom. The Kier molecular flexibility index (Phi) is 3.75. The Morgan fingerprint density at radius 3 is 2.81 bits per heavy atom. The molecule has 2 heterocycles. The number of nitrogens with zero attached hydrogens (tertiary/aromatic N) is 4. The molecule has 0 bridgehead atoms. The zero-order valence-corrected chi connectivity index (χ0v) is 12.6. The van der Waals surface area contributed by atoms with Crippen molar-refractivity contribution in [3.63, 3.8) is 0 Å². The van der Waals surface area contributed by atoms with Gasteiger partial charge in [-0.25, -0.2) is 4.98 Å². The molecule has 0 saturated heterocycles. The van der Waals surface area contributed by atoms with Crippen LogP contribution in [-0.4, -0.2) is 19.7 Å². The maximum Gasteiger partial charge on any atom is 0.249 e. The predicted molar refractivity (Wildman–Crippen MR) is 80.2 cm³/mol. The van der Waals surface area contributed by atoms with Gasteiger partial charge in [0.2, 0.25) is 11.8 Å². The molecule has 3 rings (SSSR count). The molecule has 0 amide bonds. The summed E-state index contributed by atoms with van der Waals surface area (Å²) in [5.41, 5.74) is 0.743. The van der Waals surface area contributed by atoms with E-state index in [1.54, 1.807) is 12.3 Å². The summed E-state index contributed by atoms with van der Waals surface area (Å²) in [5, 5.41) is 8.75. The predicted octanol–water partition coefficient (Wildman–Crippen LogP) is 3.76. The Bertz CT molecular complexity index is 747. The van der Waals surface area contributed by atoms with E-state index in [-0.39, 0.29) is 0 Å². The minimum absolute atomic E-state index is 0.339. The van der Waals surface area contributed by atoms with Gasteiger partial charge in [0.15, 0.2) is 0 Å². The van der Waals surface area contributed by atoms with Crippen LogP contribution in [-0.2, 0) is 6.54 Å². The summed E-state index contributed by atoms with van der Waals surface area (Å²) in [6.07, 6.45) is 3.69. The Labute approximate surface area is 127 Å². The van der Waals surface area contributed by atoms with Crippen molar-refractivity contribution in [3.05, 3.63) is 53.4 Å². The monoisotopic (exact) mass is 302 g/mol. The van der Waals surface area contributed by atoms with Crippen LogP contribution in [0.4, 0.5) is 0 Å². The molecule has 0 saturated carbocycles. The highest BCUT2D eigenvalue weighted by atomic mass is 35.5. The van der Waals surface area contributed by atoms with Gasteiger partial charge in [-0.1, -0.05) is 37.6 Å². The van der Waals surface area contributed by atoms with E-state index >= 15 is 0 Å². The second-order valence-corrected chi connectivity index (χ2v) is 5.46. The lowest BCUT2D eigenvalue weighted by atomic mass is 10.2. The van der Waals surface area contributed by atoms with Crippen LogP contribution in [0.2, 0.25) is 5.02 Å². The minimum atomic E-state index is 0.339. The summed E-state index contributed by atoms with van der Waals surface area (Å²) in [6, 6.07) is 7.41. The molecular weight excluding hydrogens is 288 g/mol. The molecule has 0 radical (unpaired) electrons. The fourth-order valence-corrected chi connectivity index (χ4v) is 2.38. The summed E-state index contributed by atoms with van der Waals surface area (Å²) in [6.45, 7) is 4.70. The van der Waals surface area contributed by atoms with Crippen molar-refractivity contribution >= 4 is 11.6 Å². The molecule has 0 N–H and O–H groups in total. The van der Waals surface area contributed by atoms with Crippen LogP contribution >= 0.6 is 11.6 Å². The SMILES string of the molecule is CC(C)c1nccn1Cc1nnc(-c2ccccc2Cl)o1. The van der Waals surface area contributed by atoms with Crippen molar-refractivity contribution in [2.75, 3.05) is 0 Å². The first-order valence-corrected chi connectivity index (χ1v) is 7.11. The molecule has 21 heavy (non-hydrogen) atoms. The Balaban J connectivity index is 1.86. The lowest BCUT2D eigenvalue weighted by Gasteiger charge is -2.07. The normalized spacial score (nSPS) is 11.2. The van der Waals surface area contributed by atoms with Crippen molar-refractivity contribution in [3.8, 4) is 11.5 Å². The number of hydrogen-bond donors (Lipinski definition) is 0. The molecule has 6 heteroatoms. The van der Waals surface area contributed by atoms with E-state index in [2.05, 4.69) is 29.0 Å². The van der Waals surface area contributed by atoms with Gasteiger partial charge in [-0.05, 0) is 12.1 Å². The first-order chi connectivity index (χ1) is 10.1. The summed E-state index contributed by atoms with van der Waals surface area (Å²) >= 11 is 6.13. The van der Waals surface area contributed by atoms with Crippen LogP contribution in [0.5, 0.6) is 0 Å². The first-order valence-electron chi connectivity index (χ1n) is 6.73. The van der Waals surface area contributed by atoms with E-state index in [0.29, 0.717) is 29.3 Å². The highest BCUT2D eigenvalue weighted by molar-refractivity contribution is 6.33. The molecule has 5 nitrogen and oxygen atoms in total. The third-order valence-electron chi connectivity index (χ3n) is 3.14. The van der Waals surface area contributed by atoms with Crippen LogP contribution in [0.15, 0.2) is 41.1 Å². The lowest BCUT2D eigenvalue weighted by molar-refractivity contribution is 0.480. The molecule has 0 aliphatic carbocycles. The molecule has 0 aliphatic heterocycles. The number of rotatable bonds is 4. The zero-order chi connectivity index (χ0) is 14.8. The molecule has 0 unspecified atom stereocenters. The van der Waals surface area contributed by atoms with Crippen LogP contribution in [0.3, 0.4) is 0 Å². The Hall–Kier alpha value is -2.14. The van der Waals surface area contributed by atoms with Crippen molar-refractivity contribution < 1.29 is 4.42 Å². The van der Waals surface area contributed by atoms with E-state index in [9.17, 15) is 0 Å². The summed E-state index contributed by atoms with van der Waals surface area (Å²) in [7, 11) is 0. The maximum atomic E-state index is 6.13. The van der Waals surface area contributed by atoms with Crippen molar-refractivity contribution in [1.29, 1.82) is 0 Å². The molecule has 0 aliphatic rings. The van der Waals surface area contributed by atoms with E-state index in [0.717, 1.165) is 11.4 Å². The molecular formula is C15H15ClN4O.